The van der Waals surface area contributed by atoms with Gasteiger partial charge in [0.25, 0.3) is 0 Å². The minimum absolute atomic E-state index is 0.00599. The van der Waals surface area contributed by atoms with E-state index in [4.69, 9.17) is 0 Å². The second-order valence-corrected chi connectivity index (χ2v) is 5.88. The molecule has 0 saturated carbocycles. The van der Waals surface area contributed by atoms with Gasteiger partial charge in [-0.3, -0.25) is 14.4 Å². The van der Waals surface area contributed by atoms with E-state index in [-0.39, 0.29) is 28.3 Å². The molecule has 7 heteroatoms. The van der Waals surface area contributed by atoms with Crippen molar-refractivity contribution in [3.63, 3.8) is 0 Å². The predicted octanol–water partition coefficient (Wildman–Crippen LogP) is 0.0343. The molecule has 5 nitrogen and oxygen atoms in total. The third-order valence-corrected chi connectivity index (χ3v) is 3.48. The predicted molar refractivity (Wildman–Crippen MR) is 65.4 cm³/mol. The van der Waals surface area contributed by atoms with E-state index in [1.165, 1.54) is 11.8 Å². The molecule has 1 aliphatic rings. The Kier molecular flexibility index (Phi) is 5.27. The van der Waals surface area contributed by atoms with E-state index < -0.39 is 6.04 Å². The average molecular weight is 309 g/mol. The Hall–Kier alpha value is -0.560. The number of rotatable bonds is 4. The van der Waals surface area contributed by atoms with Crippen molar-refractivity contribution in [3.05, 3.63) is 0 Å². The maximum Gasteiger partial charge on any atom is 0.240 e. The van der Waals surface area contributed by atoms with Crippen molar-refractivity contribution in [1.82, 2.24) is 10.6 Å². The lowest BCUT2D eigenvalue weighted by Gasteiger charge is -2.11. The van der Waals surface area contributed by atoms with Crippen LogP contribution in [0.4, 0.5) is 0 Å². The molecular weight excluding hydrogens is 296 g/mol. The molecule has 0 aromatic rings. The lowest BCUT2D eigenvalue weighted by molar-refractivity contribution is -0.127. The lowest BCUT2D eigenvalue weighted by atomic mass is 10.2. The SMILES string of the molecule is CC(Br)C(=O)NCC(=O)NC1CCSC1=O. The molecule has 90 valence electrons. The van der Waals surface area contributed by atoms with Crippen molar-refractivity contribution in [1.29, 1.82) is 0 Å². The third-order valence-electron chi connectivity index (χ3n) is 2.06. The standard InChI is InChI=1S/C9H13BrN2O3S/c1-5(10)8(14)11-4-7(13)12-6-2-3-16-9(6)15/h5-6H,2-4H2,1H3,(H,11,14)(H,12,13). The quantitative estimate of drug-likeness (QED) is 0.719. The first-order chi connectivity index (χ1) is 7.50. The largest absolute Gasteiger partial charge is 0.346 e. The topological polar surface area (TPSA) is 75.3 Å². The fourth-order valence-electron chi connectivity index (χ4n) is 1.18. The Morgan fingerprint density at radius 1 is 1.62 bits per heavy atom. The molecule has 0 aromatic carbocycles. The third kappa shape index (κ3) is 4.13. The molecule has 0 bridgehead atoms. The molecule has 2 atom stereocenters. The van der Waals surface area contributed by atoms with Gasteiger partial charge in [-0.05, 0) is 13.3 Å². The van der Waals surface area contributed by atoms with Gasteiger partial charge in [-0.15, -0.1) is 0 Å². The van der Waals surface area contributed by atoms with Crippen LogP contribution < -0.4 is 10.6 Å². The zero-order valence-corrected chi connectivity index (χ0v) is 11.2. The van der Waals surface area contributed by atoms with Crippen LogP contribution in [0.15, 0.2) is 0 Å². The van der Waals surface area contributed by atoms with Crippen LogP contribution in [-0.4, -0.2) is 40.1 Å². The molecule has 2 N–H and O–H groups in total. The van der Waals surface area contributed by atoms with Gasteiger partial charge in [0.1, 0.15) is 0 Å². The minimum atomic E-state index is -0.393. The summed E-state index contributed by atoms with van der Waals surface area (Å²) in [6, 6.07) is -0.393. The van der Waals surface area contributed by atoms with Crippen molar-refractivity contribution < 1.29 is 14.4 Å². The molecule has 1 heterocycles. The molecule has 0 radical (unpaired) electrons. The van der Waals surface area contributed by atoms with Crippen LogP contribution in [0.25, 0.3) is 0 Å². The number of alkyl halides is 1. The number of amides is 2. The summed E-state index contributed by atoms with van der Waals surface area (Å²) >= 11 is 4.31. The summed E-state index contributed by atoms with van der Waals surface area (Å²) in [7, 11) is 0. The first-order valence-electron chi connectivity index (χ1n) is 4.88. The molecule has 2 amide bonds. The van der Waals surface area contributed by atoms with E-state index in [2.05, 4.69) is 26.6 Å². The summed E-state index contributed by atoms with van der Waals surface area (Å²) in [6.45, 7) is 1.58. The first-order valence-corrected chi connectivity index (χ1v) is 6.78. The van der Waals surface area contributed by atoms with E-state index in [1.54, 1.807) is 6.92 Å². The summed E-state index contributed by atoms with van der Waals surface area (Å²) in [5.41, 5.74) is 0. The van der Waals surface area contributed by atoms with Crippen LogP contribution in [0.2, 0.25) is 0 Å². The summed E-state index contributed by atoms with van der Waals surface area (Å²) in [6.07, 6.45) is 0.665. The molecule has 16 heavy (non-hydrogen) atoms. The van der Waals surface area contributed by atoms with Crippen molar-refractivity contribution in [2.45, 2.75) is 24.2 Å². The number of thioether (sulfide) groups is 1. The summed E-state index contributed by atoms with van der Waals surface area (Å²) in [5, 5.41) is 5.03. The molecule has 0 spiro atoms. The highest BCUT2D eigenvalue weighted by Crippen LogP contribution is 2.19. The van der Waals surface area contributed by atoms with Crippen LogP contribution in [0.1, 0.15) is 13.3 Å². The van der Waals surface area contributed by atoms with E-state index in [0.29, 0.717) is 6.42 Å². The molecule has 1 rings (SSSR count). The van der Waals surface area contributed by atoms with E-state index in [0.717, 1.165) is 5.75 Å². The summed E-state index contributed by atoms with van der Waals surface area (Å²) < 4.78 is 0. The first kappa shape index (κ1) is 13.5. The number of carbonyl (C=O) groups is 3. The van der Waals surface area contributed by atoms with Crippen molar-refractivity contribution >= 4 is 44.6 Å². The van der Waals surface area contributed by atoms with E-state index >= 15 is 0 Å². The fourth-order valence-corrected chi connectivity index (χ4v) is 2.27. The van der Waals surface area contributed by atoms with Gasteiger partial charge in [-0.1, -0.05) is 27.7 Å². The zero-order valence-electron chi connectivity index (χ0n) is 8.79. The van der Waals surface area contributed by atoms with Gasteiger partial charge in [0.15, 0.2) is 0 Å². The van der Waals surface area contributed by atoms with Crippen molar-refractivity contribution in [2.75, 3.05) is 12.3 Å². The maximum absolute atomic E-state index is 11.4. The number of carbonyl (C=O) groups excluding carboxylic acids is 3. The van der Waals surface area contributed by atoms with Gasteiger partial charge in [0.2, 0.25) is 16.9 Å². The molecule has 1 aliphatic heterocycles. The van der Waals surface area contributed by atoms with Gasteiger partial charge in [-0.25, -0.2) is 0 Å². The second kappa shape index (κ2) is 6.24. The highest BCUT2D eigenvalue weighted by molar-refractivity contribution is 9.10. The number of halogens is 1. The Balaban J connectivity index is 2.26. The van der Waals surface area contributed by atoms with Crippen LogP contribution >= 0.6 is 27.7 Å². The number of nitrogens with one attached hydrogen (secondary N) is 2. The van der Waals surface area contributed by atoms with Crippen LogP contribution in [-0.2, 0) is 14.4 Å². The highest BCUT2D eigenvalue weighted by Gasteiger charge is 2.26. The Morgan fingerprint density at radius 2 is 2.31 bits per heavy atom. The van der Waals surface area contributed by atoms with Crippen molar-refractivity contribution in [3.8, 4) is 0 Å². The van der Waals surface area contributed by atoms with Crippen LogP contribution in [0.5, 0.6) is 0 Å². The number of hydrogen-bond donors (Lipinski definition) is 2. The second-order valence-electron chi connectivity index (χ2n) is 3.41. The molecule has 1 saturated heterocycles. The van der Waals surface area contributed by atoms with Crippen LogP contribution in [0.3, 0.4) is 0 Å². The van der Waals surface area contributed by atoms with E-state index in [1.807, 2.05) is 0 Å². The molecule has 2 unspecified atom stereocenters. The van der Waals surface area contributed by atoms with E-state index in [9.17, 15) is 14.4 Å². The highest BCUT2D eigenvalue weighted by atomic mass is 79.9. The molecule has 0 aromatic heterocycles. The van der Waals surface area contributed by atoms with Gasteiger partial charge in [-0.2, -0.15) is 0 Å². The zero-order chi connectivity index (χ0) is 12.1. The lowest BCUT2D eigenvalue weighted by Crippen LogP contribution is -2.44. The summed E-state index contributed by atoms with van der Waals surface area (Å²) in [4.78, 5) is 33.4. The molecule has 0 aliphatic carbocycles. The molecular formula is C9H13BrN2O3S. The van der Waals surface area contributed by atoms with Crippen LogP contribution in [0, 0.1) is 0 Å². The van der Waals surface area contributed by atoms with Gasteiger partial charge >= 0.3 is 0 Å². The van der Waals surface area contributed by atoms with Gasteiger partial charge in [0, 0.05) is 5.75 Å². The molecule has 1 fully saturated rings. The average Bonchev–Trinajstić information content (AvgIpc) is 2.60. The smallest absolute Gasteiger partial charge is 0.240 e. The maximum atomic E-state index is 11.4. The van der Waals surface area contributed by atoms with Gasteiger partial charge in [0.05, 0.1) is 17.4 Å². The van der Waals surface area contributed by atoms with Crippen molar-refractivity contribution in [2.24, 2.45) is 0 Å². The Labute approximate surface area is 106 Å². The summed E-state index contributed by atoms with van der Waals surface area (Å²) in [5.74, 6) is 0.166. The monoisotopic (exact) mass is 308 g/mol. The number of hydrogen-bond acceptors (Lipinski definition) is 4. The minimum Gasteiger partial charge on any atom is -0.346 e. The fraction of sp³-hybridized carbons (Fsp3) is 0.667. The Morgan fingerprint density at radius 3 is 2.81 bits per heavy atom. The van der Waals surface area contributed by atoms with Gasteiger partial charge < -0.3 is 10.6 Å². The Bertz CT molecular complexity index is 309. The normalized spacial score (nSPS) is 21.6.